The number of nitrogens with zero attached hydrogens (tertiary/aromatic N) is 2. The van der Waals surface area contributed by atoms with Gasteiger partial charge in [0.1, 0.15) is 0 Å². The SMILES string of the molecule is COC(=O)c1cccc(NC(=O)N2CCN(Cc3ccc(Cl)cc3)CC2)c1. The average molecular weight is 388 g/mol. The van der Waals surface area contributed by atoms with Crippen LogP contribution < -0.4 is 5.32 Å². The van der Waals surface area contributed by atoms with Gasteiger partial charge >= 0.3 is 12.0 Å². The minimum atomic E-state index is -0.429. The second-order valence-corrected chi connectivity index (χ2v) is 6.83. The van der Waals surface area contributed by atoms with E-state index in [4.69, 9.17) is 16.3 Å². The van der Waals surface area contributed by atoms with E-state index in [-0.39, 0.29) is 6.03 Å². The monoisotopic (exact) mass is 387 g/mol. The molecule has 0 aliphatic carbocycles. The van der Waals surface area contributed by atoms with Gasteiger partial charge in [0, 0.05) is 43.4 Å². The summed E-state index contributed by atoms with van der Waals surface area (Å²) in [6.07, 6.45) is 0. The van der Waals surface area contributed by atoms with E-state index in [0.29, 0.717) is 24.3 Å². The molecule has 1 fully saturated rings. The molecule has 0 spiro atoms. The Morgan fingerprint density at radius 1 is 1.07 bits per heavy atom. The summed E-state index contributed by atoms with van der Waals surface area (Å²) >= 11 is 5.92. The van der Waals surface area contributed by atoms with Crippen LogP contribution in [0, 0.1) is 0 Å². The molecule has 0 radical (unpaired) electrons. The Bertz CT molecular complexity index is 802. The number of benzene rings is 2. The summed E-state index contributed by atoms with van der Waals surface area (Å²) in [6, 6.07) is 14.4. The third kappa shape index (κ3) is 5.21. The molecule has 0 aromatic heterocycles. The van der Waals surface area contributed by atoms with E-state index in [1.165, 1.54) is 12.7 Å². The summed E-state index contributed by atoms with van der Waals surface area (Å²) < 4.78 is 4.70. The molecule has 1 aliphatic rings. The maximum Gasteiger partial charge on any atom is 0.337 e. The molecule has 2 aromatic rings. The van der Waals surface area contributed by atoms with E-state index in [1.54, 1.807) is 29.2 Å². The van der Waals surface area contributed by atoms with E-state index in [9.17, 15) is 9.59 Å². The average Bonchev–Trinajstić information content (AvgIpc) is 2.70. The third-order valence-corrected chi connectivity index (χ3v) is 4.77. The molecule has 1 saturated heterocycles. The van der Waals surface area contributed by atoms with E-state index in [1.807, 2.05) is 24.3 Å². The number of urea groups is 1. The van der Waals surface area contributed by atoms with Gasteiger partial charge < -0.3 is 15.0 Å². The van der Waals surface area contributed by atoms with Crippen LogP contribution in [0.1, 0.15) is 15.9 Å². The minimum absolute atomic E-state index is 0.164. The van der Waals surface area contributed by atoms with Crippen LogP contribution >= 0.6 is 11.6 Å². The first-order valence-corrected chi connectivity index (χ1v) is 9.14. The van der Waals surface area contributed by atoms with Crippen molar-refractivity contribution in [3.8, 4) is 0 Å². The number of esters is 1. The maximum absolute atomic E-state index is 12.5. The number of ether oxygens (including phenoxy) is 1. The van der Waals surface area contributed by atoms with Gasteiger partial charge in [0.15, 0.2) is 0 Å². The van der Waals surface area contributed by atoms with Gasteiger partial charge in [-0.05, 0) is 35.9 Å². The molecule has 0 unspecified atom stereocenters. The van der Waals surface area contributed by atoms with Gasteiger partial charge in [-0.25, -0.2) is 9.59 Å². The van der Waals surface area contributed by atoms with Crippen LogP contribution in [0.2, 0.25) is 5.02 Å². The van der Waals surface area contributed by atoms with Gasteiger partial charge in [-0.2, -0.15) is 0 Å². The van der Waals surface area contributed by atoms with Gasteiger partial charge in [0.2, 0.25) is 0 Å². The molecule has 7 heteroatoms. The largest absolute Gasteiger partial charge is 0.465 e. The smallest absolute Gasteiger partial charge is 0.337 e. The second-order valence-electron chi connectivity index (χ2n) is 6.39. The summed E-state index contributed by atoms with van der Waals surface area (Å²) in [6.45, 7) is 3.75. The highest BCUT2D eigenvalue weighted by atomic mass is 35.5. The first-order chi connectivity index (χ1) is 13.0. The number of carbonyl (C=O) groups excluding carboxylic acids is 2. The highest BCUT2D eigenvalue weighted by Crippen LogP contribution is 2.15. The summed E-state index contributed by atoms with van der Waals surface area (Å²) in [5, 5.41) is 3.58. The molecule has 142 valence electrons. The molecule has 1 N–H and O–H groups in total. The van der Waals surface area contributed by atoms with Crippen LogP contribution in [-0.2, 0) is 11.3 Å². The number of hydrogen-bond donors (Lipinski definition) is 1. The highest BCUT2D eigenvalue weighted by Gasteiger charge is 2.21. The number of halogens is 1. The van der Waals surface area contributed by atoms with Crippen molar-refractivity contribution in [1.29, 1.82) is 0 Å². The summed E-state index contributed by atoms with van der Waals surface area (Å²) in [4.78, 5) is 28.2. The van der Waals surface area contributed by atoms with Crippen molar-refractivity contribution in [1.82, 2.24) is 9.80 Å². The van der Waals surface area contributed by atoms with Gasteiger partial charge in [0.05, 0.1) is 12.7 Å². The van der Waals surface area contributed by atoms with Crippen LogP contribution in [0.3, 0.4) is 0 Å². The number of methoxy groups -OCH3 is 1. The Kier molecular flexibility index (Phi) is 6.32. The molecule has 1 heterocycles. The van der Waals surface area contributed by atoms with Gasteiger partial charge in [-0.15, -0.1) is 0 Å². The maximum atomic E-state index is 12.5. The van der Waals surface area contributed by atoms with Crippen molar-refractivity contribution in [3.63, 3.8) is 0 Å². The zero-order chi connectivity index (χ0) is 19.2. The molecule has 27 heavy (non-hydrogen) atoms. The fraction of sp³-hybridized carbons (Fsp3) is 0.300. The van der Waals surface area contributed by atoms with Crippen LogP contribution in [0.15, 0.2) is 48.5 Å². The predicted octanol–water partition coefficient (Wildman–Crippen LogP) is 3.48. The number of nitrogens with one attached hydrogen (secondary N) is 1. The Hall–Kier alpha value is -2.57. The predicted molar refractivity (Wildman–Crippen MR) is 105 cm³/mol. The lowest BCUT2D eigenvalue weighted by molar-refractivity contribution is 0.0600. The molecule has 2 aromatic carbocycles. The summed E-state index contributed by atoms with van der Waals surface area (Å²) in [5.41, 5.74) is 2.19. The van der Waals surface area contributed by atoms with Crippen molar-refractivity contribution in [2.45, 2.75) is 6.54 Å². The molecule has 3 rings (SSSR count). The standard InChI is InChI=1S/C20H22ClN3O3/c1-27-19(25)16-3-2-4-18(13-16)22-20(26)24-11-9-23(10-12-24)14-15-5-7-17(21)8-6-15/h2-8,13H,9-12,14H2,1H3,(H,22,26). The summed E-state index contributed by atoms with van der Waals surface area (Å²) in [7, 11) is 1.33. The molecule has 6 nitrogen and oxygen atoms in total. The van der Waals surface area contributed by atoms with Crippen molar-refractivity contribution in [3.05, 3.63) is 64.7 Å². The number of hydrogen-bond acceptors (Lipinski definition) is 4. The topological polar surface area (TPSA) is 61.9 Å². The Labute approximate surface area is 163 Å². The fourth-order valence-electron chi connectivity index (χ4n) is 3.00. The molecule has 2 amide bonds. The first-order valence-electron chi connectivity index (χ1n) is 8.76. The van der Waals surface area contributed by atoms with E-state index < -0.39 is 5.97 Å². The Morgan fingerprint density at radius 2 is 1.78 bits per heavy atom. The van der Waals surface area contributed by atoms with Crippen molar-refractivity contribution in [2.24, 2.45) is 0 Å². The van der Waals surface area contributed by atoms with Crippen molar-refractivity contribution >= 4 is 29.3 Å². The van der Waals surface area contributed by atoms with Crippen LogP contribution in [0.25, 0.3) is 0 Å². The molecular weight excluding hydrogens is 366 g/mol. The highest BCUT2D eigenvalue weighted by molar-refractivity contribution is 6.30. The van der Waals surface area contributed by atoms with Crippen molar-refractivity contribution in [2.75, 3.05) is 38.6 Å². The summed E-state index contributed by atoms with van der Waals surface area (Å²) in [5.74, 6) is -0.429. The van der Waals surface area contributed by atoms with Gasteiger partial charge in [-0.1, -0.05) is 29.8 Å². The lowest BCUT2D eigenvalue weighted by atomic mass is 10.2. The Morgan fingerprint density at radius 3 is 2.44 bits per heavy atom. The zero-order valence-electron chi connectivity index (χ0n) is 15.2. The van der Waals surface area contributed by atoms with Crippen LogP contribution in [-0.4, -0.2) is 55.1 Å². The van der Waals surface area contributed by atoms with Crippen LogP contribution in [0.5, 0.6) is 0 Å². The minimum Gasteiger partial charge on any atom is -0.465 e. The molecule has 0 bridgehead atoms. The van der Waals surface area contributed by atoms with Crippen LogP contribution in [0.4, 0.5) is 10.5 Å². The lowest BCUT2D eigenvalue weighted by Gasteiger charge is -2.34. The van der Waals surface area contributed by atoms with E-state index in [0.717, 1.165) is 24.7 Å². The molecule has 1 aliphatic heterocycles. The zero-order valence-corrected chi connectivity index (χ0v) is 15.9. The van der Waals surface area contributed by atoms with Gasteiger partial charge in [0.25, 0.3) is 0 Å². The number of piperazine rings is 1. The molecule has 0 atom stereocenters. The first kappa shape index (κ1) is 19.2. The molecule has 0 saturated carbocycles. The Balaban J connectivity index is 1.51. The number of carbonyl (C=O) groups is 2. The van der Waals surface area contributed by atoms with E-state index in [2.05, 4.69) is 10.2 Å². The molecular formula is C20H22ClN3O3. The normalized spacial score (nSPS) is 14.7. The second kappa shape index (κ2) is 8.88. The number of rotatable bonds is 4. The van der Waals surface area contributed by atoms with Gasteiger partial charge in [-0.3, -0.25) is 4.90 Å². The van der Waals surface area contributed by atoms with E-state index >= 15 is 0 Å². The fourth-order valence-corrected chi connectivity index (χ4v) is 3.13. The number of amides is 2. The number of anilines is 1. The quantitative estimate of drug-likeness (QED) is 0.816. The lowest BCUT2D eigenvalue weighted by Crippen LogP contribution is -2.49. The third-order valence-electron chi connectivity index (χ3n) is 4.51. The van der Waals surface area contributed by atoms with Crippen molar-refractivity contribution < 1.29 is 14.3 Å².